The van der Waals surface area contributed by atoms with Crippen molar-refractivity contribution < 1.29 is 4.42 Å². The molecule has 0 N–H and O–H groups in total. The molecule has 0 atom stereocenters. The van der Waals surface area contributed by atoms with Crippen LogP contribution in [0.4, 0.5) is 0 Å². The first kappa shape index (κ1) is 24.2. The Morgan fingerprint density at radius 2 is 1.20 bits per heavy atom. The van der Waals surface area contributed by atoms with Gasteiger partial charge in [0.05, 0.1) is 22.1 Å². The van der Waals surface area contributed by atoms with Crippen molar-refractivity contribution in [3.63, 3.8) is 0 Å². The number of furan rings is 1. The van der Waals surface area contributed by atoms with Crippen molar-refractivity contribution in [1.82, 2.24) is 24.1 Å². The second kappa shape index (κ2) is 9.11. The monoisotopic (exact) mass is 577 g/mol. The molecule has 0 unspecified atom stereocenters. The first-order valence-corrected chi connectivity index (χ1v) is 15.0. The van der Waals surface area contributed by atoms with Crippen LogP contribution >= 0.6 is 0 Å². The van der Waals surface area contributed by atoms with E-state index in [1.807, 2.05) is 48.8 Å². The molecule has 5 aromatic carbocycles. The number of hydrogen-bond donors (Lipinski definition) is 0. The van der Waals surface area contributed by atoms with E-state index in [9.17, 15) is 0 Å². The third-order valence-corrected chi connectivity index (χ3v) is 8.85. The van der Waals surface area contributed by atoms with Crippen LogP contribution < -0.4 is 0 Å². The van der Waals surface area contributed by atoms with Crippen LogP contribution in [0, 0.1) is 0 Å². The van der Waals surface area contributed by atoms with Crippen LogP contribution in [-0.4, -0.2) is 24.1 Å². The first-order chi connectivity index (χ1) is 22.3. The molecule has 6 heteroatoms. The lowest BCUT2D eigenvalue weighted by molar-refractivity contribution is 0.666. The van der Waals surface area contributed by atoms with Crippen molar-refractivity contribution in [2.45, 2.75) is 0 Å². The lowest BCUT2D eigenvalue weighted by Gasteiger charge is -2.10. The summed E-state index contributed by atoms with van der Waals surface area (Å²) in [6.07, 6.45) is 3.70. The second-order valence-electron chi connectivity index (χ2n) is 11.3. The van der Waals surface area contributed by atoms with Crippen LogP contribution in [-0.2, 0) is 0 Å². The van der Waals surface area contributed by atoms with Crippen LogP contribution in [0.15, 0.2) is 144 Å². The molecule has 0 aliphatic heterocycles. The van der Waals surface area contributed by atoms with Gasteiger partial charge in [-0.2, -0.15) is 0 Å². The van der Waals surface area contributed by atoms with Gasteiger partial charge in [0.2, 0.25) is 5.95 Å². The van der Waals surface area contributed by atoms with Gasteiger partial charge in [-0.05, 0) is 42.5 Å². The number of nitrogens with zero attached hydrogens (tertiary/aromatic N) is 5. The number of hydrogen-bond acceptors (Lipinski definition) is 4. The van der Waals surface area contributed by atoms with Gasteiger partial charge in [0, 0.05) is 50.6 Å². The van der Waals surface area contributed by atoms with Crippen LogP contribution in [0.1, 0.15) is 0 Å². The topological polar surface area (TPSA) is 61.7 Å². The van der Waals surface area contributed by atoms with E-state index in [0.29, 0.717) is 11.5 Å². The van der Waals surface area contributed by atoms with Crippen molar-refractivity contribution in [2.24, 2.45) is 0 Å². The zero-order valence-electron chi connectivity index (χ0n) is 23.9. The standard InChI is InChI=1S/C39H23N5O/c1-2-10-24(11-3-1)35-38-36(29-14-6-9-17-33(29)45-38)42-39(41-35)44-31-16-8-5-13-28(31)34-32(44)19-18-27-26-12-4-7-15-30(26)43(37(27)34)25-20-22-40-23-21-25/h1-23H. The fraction of sp³-hybridized carbons (Fsp3) is 0. The molecule has 0 amide bonds. The van der Waals surface area contributed by atoms with Gasteiger partial charge in [0.1, 0.15) is 16.8 Å². The Bertz CT molecular complexity index is 2760. The molecule has 0 fully saturated rings. The molecule has 10 aromatic rings. The van der Waals surface area contributed by atoms with E-state index in [2.05, 4.69) is 105 Å². The summed E-state index contributed by atoms with van der Waals surface area (Å²) in [5.74, 6) is 0.602. The van der Waals surface area contributed by atoms with Gasteiger partial charge in [0.15, 0.2) is 5.58 Å². The first-order valence-electron chi connectivity index (χ1n) is 15.0. The zero-order chi connectivity index (χ0) is 29.5. The number of rotatable bonds is 3. The summed E-state index contributed by atoms with van der Waals surface area (Å²) >= 11 is 0. The number of benzene rings is 5. The molecule has 0 spiro atoms. The third-order valence-electron chi connectivity index (χ3n) is 8.85. The fourth-order valence-corrected chi connectivity index (χ4v) is 6.96. The molecule has 0 radical (unpaired) electrons. The molecule has 0 aliphatic rings. The average molecular weight is 578 g/mol. The molecule has 0 aliphatic carbocycles. The predicted octanol–water partition coefficient (Wildman–Crippen LogP) is 9.63. The van der Waals surface area contributed by atoms with Crippen molar-refractivity contribution in [3.8, 4) is 22.9 Å². The van der Waals surface area contributed by atoms with Gasteiger partial charge in [0.25, 0.3) is 0 Å². The van der Waals surface area contributed by atoms with E-state index in [1.165, 1.54) is 10.8 Å². The molecule has 0 saturated carbocycles. The summed E-state index contributed by atoms with van der Waals surface area (Å²) in [5, 5.41) is 5.66. The van der Waals surface area contributed by atoms with Gasteiger partial charge in [-0.25, -0.2) is 9.97 Å². The van der Waals surface area contributed by atoms with Crippen molar-refractivity contribution in [3.05, 3.63) is 140 Å². The number of fused-ring (bicyclic) bond motifs is 10. The highest BCUT2D eigenvalue weighted by Crippen LogP contribution is 2.42. The quantitative estimate of drug-likeness (QED) is 0.210. The molecule has 0 saturated heterocycles. The Morgan fingerprint density at radius 1 is 0.511 bits per heavy atom. The zero-order valence-corrected chi connectivity index (χ0v) is 23.9. The molecular formula is C39H23N5O. The average Bonchev–Trinajstić information content (AvgIpc) is 3.76. The van der Waals surface area contributed by atoms with E-state index >= 15 is 0 Å². The van der Waals surface area contributed by atoms with Crippen LogP contribution in [0.2, 0.25) is 0 Å². The Labute approximate surface area is 256 Å². The van der Waals surface area contributed by atoms with Gasteiger partial charge in [-0.1, -0.05) is 84.9 Å². The fourth-order valence-electron chi connectivity index (χ4n) is 6.96. The van der Waals surface area contributed by atoms with Gasteiger partial charge in [-0.3, -0.25) is 9.55 Å². The highest BCUT2D eigenvalue weighted by atomic mass is 16.3. The summed E-state index contributed by atoms with van der Waals surface area (Å²) < 4.78 is 11.0. The summed E-state index contributed by atoms with van der Waals surface area (Å²) in [4.78, 5) is 14.8. The summed E-state index contributed by atoms with van der Waals surface area (Å²) in [5.41, 5.74) is 9.46. The lowest BCUT2D eigenvalue weighted by Crippen LogP contribution is -2.03. The molecule has 10 rings (SSSR count). The molecule has 0 bridgehead atoms. The highest BCUT2D eigenvalue weighted by Gasteiger charge is 2.24. The van der Waals surface area contributed by atoms with E-state index in [1.54, 1.807) is 0 Å². The smallest absolute Gasteiger partial charge is 0.236 e. The summed E-state index contributed by atoms with van der Waals surface area (Å²) in [7, 11) is 0. The Balaban J connectivity index is 1.39. The van der Waals surface area contributed by atoms with Crippen molar-refractivity contribution in [1.29, 1.82) is 0 Å². The Morgan fingerprint density at radius 3 is 2.02 bits per heavy atom. The normalized spacial score (nSPS) is 12.0. The molecule has 6 nitrogen and oxygen atoms in total. The number of para-hydroxylation sites is 3. The van der Waals surface area contributed by atoms with E-state index in [0.717, 1.165) is 66.3 Å². The maximum absolute atomic E-state index is 6.40. The summed E-state index contributed by atoms with van der Waals surface area (Å²) in [6, 6.07) is 44.0. The highest BCUT2D eigenvalue weighted by molar-refractivity contribution is 6.26. The molecular weight excluding hydrogens is 554 g/mol. The SMILES string of the molecule is c1ccc(-c2nc(-n3c4ccccc4c4c3ccc3c5ccccc5n(-c5ccncc5)c34)nc3c2oc2ccccc23)cc1. The minimum Gasteiger partial charge on any atom is -0.452 e. The predicted molar refractivity (Wildman–Crippen MR) is 181 cm³/mol. The van der Waals surface area contributed by atoms with Crippen molar-refractivity contribution >= 4 is 65.7 Å². The number of pyridine rings is 1. The van der Waals surface area contributed by atoms with Crippen LogP contribution in [0.3, 0.4) is 0 Å². The minimum absolute atomic E-state index is 0.602. The molecule has 45 heavy (non-hydrogen) atoms. The second-order valence-corrected chi connectivity index (χ2v) is 11.3. The largest absolute Gasteiger partial charge is 0.452 e. The maximum Gasteiger partial charge on any atom is 0.236 e. The Hall–Kier alpha value is -6.27. The van der Waals surface area contributed by atoms with Crippen molar-refractivity contribution in [2.75, 3.05) is 0 Å². The molecule has 5 heterocycles. The van der Waals surface area contributed by atoms with E-state index in [4.69, 9.17) is 14.4 Å². The minimum atomic E-state index is 0.602. The Kier molecular flexibility index (Phi) is 4.90. The van der Waals surface area contributed by atoms with Crippen LogP contribution in [0.25, 0.3) is 88.6 Å². The molecule has 210 valence electrons. The maximum atomic E-state index is 6.40. The number of aromatic nitrogens is 5. The van der Waals surface area contributed by atoms with Gasteiger partial charge < -0.3 is 8.98 Å². The van der Waals surface area contributed by atoms with E-state index in [-0.39, 0.29) is 0 Å². The summed E-state index contributed by atoms with van der Waals surface area (Å²) in [6.45, 7) is 0. The lowest BCUT2D eigenvalue weighted by atomic mass is 10.1. The van der Waals surface area contributed by atoms with E-state index < -0.39 is 0 Å². The van der Waals surface area contributed by atoms with Gasteiger partial charge >= 0.3 is 0 Å². The van der Waals surface area contributed by atoms with Gasteiger partial charge in [-0.15, -0.1) is 0 Å². The molecule has 5 aromatic heterocycles. The van der Waals surface area contributed by atoms with Crippen LogP contribution in [0.5, 0.6) is 0 Å². The third kappa shape index (κ3) is 3.36.